The van der Waals surface area contributed by atoms with Crippen molar-refractivity contribution in [3.8, 4) is 5.75 Å². The summed E-state index contributed by atoms with van der Waals surface area (Å²) in [6.07, 6.45) is 2.31. The first-order valence-corrected chi connectivity index (χ1v) is 5.25. The molecule has 0 fully saturated rings. The van der Waals surface area contributed by atoms with E-state index in [-0.39, 0.29) is 0 Å². The Morgan fingerprint density at radius 2 is 2.25 bits per heavy atom. The number of aromatic nitrogens is 2. The molecule has 0 aliphatic heterocycles. The lowest BCUT2D eigenvalue weighted by Gasteiger charge is -2.10. The molecule has 0 aromatic carbocycles. The largest absolute Gasteiger partial charge is 0.490 e. The molecule has 0 spiro atoms. The molecule has 0 aliphatic rings. The van der Waals surface area contributed by atoms with Gasteiger partial charge < -0.3 is 20.5 Å². The number of methoxy groups -OCH3 is 1. The Kier molecular flexibility index (Phi) is 5.35. The molecule has 1 aromatic rings. The van der Waals surface area contributed by atoms with Crippen molar-refractivity contribution >= 4 is 11.6 Å². The zero-order valence-electron chi connectivity index (χ0n) is 9.69. The Labute approximate surface area is 95.2 Å². The average molecular weight is 226 g/mol. The summed E-state index contributed by atoms with van der Waals surface area (Å²) in [6.45, 7) is 4.20. The first-order valence-electron chi connectivity index (χ1n) is 5.25. The van der Waals surface area contributed by atoms with E-state index in [1.165, 1.54) is 6.33 Å². The van der Waals surface area contributed by atoms with E-state index in [1.807, 2.05) is 6.92 Å². The van der Waals surface area contributed by atoms with Gasteiger partial charge in [0.15, 0.2) is 11.6 Å². The third-order valence-corrected chi connectivity index (χ3v) is 2.00. The normalized spacial score (nSPS) is 10.1. The summed E-state index contributed by atoms with van der Waals surface area (Å²) >= 11 is 0. The Morgan fingerprint density at radius 3 is 2.94 bits per heavy atom. The summed E-state index contributed by atoms with van der Waals surface area (Å²) < 4.78 is 10.3. The van der Waals surface area contributed by atoms with Crippen molar-refractivity contribution in [2.75, 3.05) is 37.9 Å². The molecule has 6 nitrogen and oxygen atoms in total. The molecule has 0 bridgehead atoms. The van der Waals surface area contributed by atoms with Crippen LogP contribution in [0.5, 0.6) is 5.75 Å². The Balaban J connectivity index is 2.44. The minimum atomic E-state index is 0.338. The average Bonchev–Trinajstić information content (AvgIpc) is 2.29. The topological polar surface area (TPSA) is 82.3 Å². The van der Waals surface area contributed by atoms with E-state index in [0.717, 1.165) is 26.2 Å². The van der Waals surface area contributed by atoms with Crippen LogP contribution < -0.4 is 15.8 Å². The first-order chi connectivity index (χ1) is 7.79. The van der Waals surface area contributed by atoms with Gasteiger partial charge in [0.1, 0.15) is 6.33 Å². The molecule has 1 heterocycles. The predicted octanol–water partition coefficient (Wildman–Crippen LogP) is 0.906. The van der Waals surface area contributed by atoms with Gasteiger partial charge in [-0.15, -0.1) is 0 Å². The molecule has 0 saturated carbocycles. The molecule has 6 heteroatoms. The van der Waals surface area contributed by atoms with Crippen LogP contribution in [0.1, 0.15) is 13.3 Å². The number of hydrogen-bond donors (Lipinski definition) is 2. The highest BCUT2D eigenvalue weighted by Crippen LogP contribution is 2.25. The zero-order chi connectivity index (χ0) is 11.8. The lowest BCUT2D eigenvalue weighted by atomic mass is 10.4. The molecule has 16 heavy (non-hydrogen) atoms. The lowest BCUT2D eigenvalue weighted by molar-refractivity contribution is 0.147. The van der Waals surface area contributed by atoms with E-state index in [0.29, 0.717) is 17.4 Å². The third kappa shape index (κ3) is 3.54. The number of rotatable bonds is 7. The molecule has 0 radical (unpaired) electrons. The molecular weight excluding hydrogens is 208 g/mol. The monoisotopic (exact) mass is 226 g/mol. The van der Waals surface area contributed by atoms with Crippen LogP contribution in [0.2, 0.25) is 0 Å². The molecule has 0 saturated heterocycles. The maximum Gasteiger partial charge on any atom is 0.203 e. The van der Waals surface area contributed by atoms with Gasteiger partial charge in [-0.25, -0.2) is 9.97 Å². The van der Waals surface area contributed by atoms with Gasteiger partial charge in [-0.05, 0) is 13.3 Å². The first kappa shape index (κ1) is 12.5. The molecule has 1 aromatic heterocycles. The fraction of sp³-hybridized carbons (Fsp3) is 0.600. The van der Waals surface area contributed by atoms with Gasteiger partial charge in [0.05, 0.1) is 7.11 Å². The number of nitrogens with one attached hydrogen (secondary N) is 1. The summed E-state index contributed by atoms with van der Waals surface area (Å²) in [5.74, 6) is 1.44. The minimum Gasteiger partial charge on any atom is -0.490 e. The summed E-state index contributed by atoms with van der Waals surface area (Å²) in [5.41, 5.74) is 5.64. The van der Waals surface area contributed by atoms with Crippen molar-refractivity contribution in [1.29, 1.82) is 0 Å². The summed E-state index contributed by atoms with van der Waals surface area (Å²) in [7, 11) is 1.54. The second-order valence-electron chi connectivity index (χ2n) is 3.12. The maximum atomic E-state index is 5.64. The highest BCUT2D eigenvalue weighted by atomic mass is 16.5. The van der Waals surface area contributed by atoms with Crippen LogP contribution >= 0.6 is 0 Å². The molecule has 1 rings (SSSR count). The van der Waals surface area contributed by atoms with Crippen molar-refractivity contribution in [3.05, 3.63) is 6.33 Å². The Bertz CT molecular complexity index is 320. The van der Waals surface area contributed by atoms with Gasteiger partial charge in [0, 0.05) is 19.8 Å². The van der Waals surface area contributed by atoms with Gasteiger partial charge in [-0.3, -0.25) is 0 Å². The van der Waals surface area contributed by atoms with Crippen molar-refractivity contribution in [3.63, 3.8) is 0 Å². The molecule has 3 N–H and O–H groups in total. The quantitative estimate of drug-likeness (QED) is 0.672. The third-order valence-electron chi connectivity index (χ3n) is 2.00. The van der Waals surface area contributed by atoms with Crippen LogP contribution in [0, 0.1) is 0 Å². The van der Waals surface area contributed by atoms with Gasteiger partial charge >= 0.3 is 0 Å². The van der Waals surface area contributed by atoms with Gasteiger partial charge in [-0.1, -0.05) is 0 Å². The molecule has 0 amide bonds. The molecule has 0 atom stereocenters. The summed E-state index contributed by atoms with van der Waals surface area (Å²) in [5, 5.41) is 3.13. The Morgan fingerprint density at radius 1 is 1.44 bits per heavy atom. The fourth-order valence-electron chi connectivity index (χ4n) is 1.24. The Hall–Kier alpha value is -1.56. The number of anilines is 2. The highest BCUT2D eigenvalue weighted by molar-refractivity contribution is 5.61. The SMILES string of the molecule is CCOCCCNc1ncnc(N)c1OC. The number of nitrogen functional groups attached to an aromatic ring is 1. The fourth-order valence-corrected chi connectivity index (χ4v) is 1.24. The smallest absolute Gasteiger partial charge is 0.203 e. The lowest BCUT2D eigenvalue weighted by Crippen LogP contribution is -2.09. The van der Waals surface area contributed by atoms with Crippen molar-refractivity contribution in [2.24, 2.45) is 0 Å². The summed E-state index contributed by atoms with van der Waals surface area (Å²) in [6, 6.07) is 0. The van der Waals surface area contributed by atoms with E-state index in [9.17, 15) is 0 Å². The van der Waals surface area contributed by atoms with E-state index < -0.39 is 0 Å². The number of hydrogen-bond acceptors (Lipinski definition) is 6. The number of nitrogens with two attached hydrogens (primary N) is 1. The molecule has 0 unspecified atom stereocenters. The molecule has 0 aliphatic carbocycles. The van der Waals surface area contributed by atoms with Gasteiger partial charge in [-0.2, -0.15) is 0 Å². The van der Waals surface area contributed by atoms with Crippen LogP contribution in [-0.2, 0) is 4.74 Å². The van der Waals surface area contributed by atoms with Crippen molar-refractivity contribution in [1.82, 2.24) is 9.97 Å². The van der Waals surface area contributed by atoms with Crippen molar-refractivity contribution < 1.29 is 9.47 Å². The number of nitrogens with zero attached hydrogens (tertiary/aromatic N) is 2. The van der Waals surface area contributed by atoms with Crippen LogP contribution in [0.4, 0.5) is 11.6 Å². The van der Waals surface area contributed by atoms with E-state index >= 15 is 0 Å². The van der Waals surface area contributed by atoms with Crippen LogP contribution in [0.3, 0.4) is 0 Å². The summed E-state index contributed by atoms with van der Waals surface area (Å²) in [4.78, 5) is 7.91. The van der Waals surface area contributed by atoms with E-state index in [1.54, 1.807) is 7.11 Å². The molecular formula is C10H18N4O2. The van der Waals surface area contributed by atoms with Gasteiger partial charge in [0.25, 0.3) is 0 Å². The van der Waals surface area contributed by atoms with E-state index in [2.05, 4.69) is 15.3 Å². The zero-order valence-corrected chi connectivity index (χ0v) is 9.69. The minimum absolute atomic E-state index is 0.338. The van der Waals surface area contributed by atoms with Crippen LogP contribution in [0.15, 0.2) is 6.33 Å². The number of ether oxygens (including phenoxy) is 2. The molecule has 90 valence electrons. The van der Waals surface area contributed by atoms with Crippen LogP contribution in [-0.4, -0.2) is 36.8 Å². The predicted molar refractivity (Wildman–Crippen MR) is 62.6 cm³/mol. The van der Waals surface area contributed by atoms with Crippen molar-refractivity contribution in [2.45, 2.75) is 13.3 Å². The second-order valence-corrected chi connectivity index (χ2v) is 3.12. The maximum absolute atomic E-state index is 5.64. The van der Waals surface area contributed by atoms with E-state index in [4.69, 9.17) is 15.2 Å². The second kappa shape index (κ2) is 6.84. The van der Waals surface area contributed by atoms with Crippen LogP contribution in [0.25, 0.3) is 0 Å². The standard InChI is InChI=1S/C10H18N4O2/c1-3-16-6-4-5-12-10-8(15-2)9(11)13-7-14-10/h7H,3-6H2,1-2H3,(H3,11,12,13,14). The van der Waals surface area contributed by atoms with Gasteiger partial charge in [0.2, 0.25) is 5.75 Å². The highest BCUT2D eigenvalue weighted by Gasteiger charge is 2.08.